The molecule has 0 spiro atoms. The van der Waals surface area contributed by atoms with E-state index in [1.807, 2.05) is 31.2 Å². The summed E-state index contributed by atoms with van der Waals surface area (Å²) in [6.45, 7) is 1.79. The summed E-state index contributed by atoms with van der Waals surface area (Å²) in [7, 11) is 0. The fourth-order valence-corrected chi connectivity index (χ4v) is 4.47. The molecule has 0 saturated heterocycles. The van der Waals surface area contributed by atoms with Crippen LogP contribution in [0.4, 0.5) is 5.69 Å². The Labute approximate surface area is 217 Å². The summed E-state index contributed by atoms with van der Waals surface area (Å²) in [4.78, 5) is 41.5. The van der Waals surface area contributed by atoms with Crippen molar-refractivity contribution in [1.82, 2.24) is 10.6 Å². The Kier molecular flexibility index (Phi) is 8.20. The third kappa shape index (κ3) is 6.21. The minimum absolute atomic E-state index is 0.154. The van der Waals surface area contributed by atoms with Gasteiger partial charge in [-0.25, -0.2) is 0 Å². The molecular weight excluding hydrogens is 498 g/mol. The first kappa shape index (κ1) is 25.2. The molecule has 7 nitrogen and oxygen atoms in total. The van der Waals surface area contributed by atoms with E-state index >= 15 is 0 Å². The van der Waals surface area contributed by atoms with Crippen LogP contribution in [0.25, 0.3) is 0 Å². The van der Waals surface area contributed by atoms with Crippen LogP contribution in [0.3, 0.4) is 0 Å². The molecule has 0 aliphatic rings. The number of amides is 3. The molecule has 2 aromatic carbocycles. The highest BCUT2D eigenvalue weighted by Crippen LogP contribution is 2.30. The van der Waals surface area contributed by atoms with Gasteiger partial charge in [0.2, 0.25) is 11.8 Å². The number of nitrogens with zero attached hydrogens (tertiary/aromatic N) is 1. The Morgan fingerprint density at radius 1 is 1.00 bits per heavy atom. The number of furan rings is 1. The molecule has 0 saturated carbocycles. The Morgan fingerprint density at radius 2 is 1.81 bits per heavy atom. The monoisotopic (exact) mass is 521 g/mol. The number of benzene rings is 2. The average molecular weight is 522 g/mol. The van der Waals surface area contributed by atoms with Crippen LogP contribution < -0.4 is 15.5 Å². The largest absolute Gasteiger partial charge is 0.467 e. The van der Waals surface area contributed by atoms with E-state index < -0.39 is 17.9 Å². The quantitative estimate of drug-likeness (QED) is 0.319. The Balaban J connectivity index is 1.67. The molecule has 0 aliphatic heterocycles. The number of anilines is 1. The molecule has 2 N–H and O–H groups in total. The predicted octanol–water partition coefficient (Wildman–Crippen LogP) is 5.12. The standard InChI is InChI=1S/C27H24ClN3O4S/c1-18-9-11-19(12-10-18)25(27(34)29-16-22-7-3-13-35-22)31(21-6-2-5-20(28)15-21)24(32)17-30-26(33)23-8-4-14-36-23/h2-15,25H,16-17H2,1H3,(H,29,34)(H,30,33)/t25-/m0/s1. The van der Waals surface area contributed by atoms with Crippen molar-refractivity contribution in [3.8, 4) is 0 Å². The number of thiophene rings is 1. The summed E-state index contributed by atoms with van der Waals surface area (Å²) in [5.41, 5.74) is 2.05. The van der Waals surface area contributed by atoms with Gasteiger partial charge in [-0.2, -0.15) is 0 Å². The van der Waals surface area contributed by atoms with Gasteiger partial charge in [0.25, 0.3) is 5.91 Å². The molecular formula is C27H24ClN3O4S. The van der Waals surface area contributed by atoms with Gasteiger partial charge in [-0.15, -0.1) is 11.3 Å². The van der Waals surface area contributed by atoms with Gasteiger partial charge in [-0.3, -0.25) is 19.3 Å². The first-order chi connectivity index (χ1) is 17.4. The Hall–Kier alpha value is -3.88. The lowest BCUT2D eigenvalue weighted by Crippen LogP contribution is -2.47. The van der Waals surface area contributed by atoms with Crippen LogP contribution in [0.2, 0.25) is 5.02 Å². The second-order valence-corrected chi connectivity index (χ2v) is 9.40. The molecule has 1 atom stereocenters. The van der Waals surface area contributed by atoms with Gasteiger partial charge in [0.1, 0.15) is 11.8 Å². The van der Waals surface area contributed by atoms with Crippen molar-refractivity contribution in [3.63, 3.8) is 0 Å². The van der Waals surface area contributed by atoms with Gasteiger partial charge in [0.15, 0.2) is 0 Å². The van der Waals surface area contributed by atoms with Gasteiger partial charge in [0.05, 0.1) is 24.2 Å². The van der Waals surface area contributed by atoms with Crippen LogP contribution in [0.15, 0.2) is 88.9 Å². The molecule has 36 heavy (non-hydrogen) atoms. The van der Waals surface area contributed by atoms with Gasteiger partial charge in [-0.1, -0.05) is 53.6 Å². The second-order valence-electron chi connectivity index (χ2n) is 8.01. The van der Waals surface area contributed by atoms with Crippen LogP contribution in [-0.4, -0.2) is 24.3 Å². The Bertz CT molecular complexity index is 1320. The number of carbonyl (C=O) groups is 3. The molecule has 2 aromatic heterocycles. The summed E-state index contributed by atoms with van der Waals surface area (Å²) in [6, 6.07) is 20.0. The van der Waals surface area contributed by atoms with Crippen LogP contribution in [0.5, 0.6) is 0 Å². The molecule has 2 heterocycles. The molecule has 0 fully saturated rings. The number of rotatable bonds is 9. The highest BCUT2D eigenvalue weighted by atomic mass is 35.5. The van der Waals surface area contributed by atoms with Gasteiger partial charge >= 0.3 is 0 Å². The lowest BCUT2D eigenvalue weighted by Gasteiger charge is -2.31. The lowest BCUT2D eigenvalue weighted by atomic mass is 10.0. The van der Waals surface area contributed by atoms with Crippen molar-refractivity contribution in [3.05, 3.63) is 111 Å². The van der Waals surface area contributed by atoms with E-state index in [2.05, 4.69) is 10.6 Å². The summed E-state index contributed by atoms with van der Waals surface area (Å²) in [5, 5.41) is 7.71. The van der Waals surface area contributed by atoms with Crippen molar-refractivity contribution in [1.29, 1.82) is 0 Å². The molecule has 0 aliphatic carbocycles. The number of nitrogens with one attached hydrogen (secondary N) is 2. The smallest absolute Gasteiger partial charge is 0.261 e. The van der Waals surface area contributed by atoms with E-state index in [1.54, 1.807) is 53.9 Å². The van der Waals surface area contributed by atoms with E-state index in [4.69, 9.17) is 16.0 Å². The third-order valence-electron chi connectivity index (χ3n) is 5.42. The Morgan fingerprint density at radius 3 is 2.47 bits per heavy atom. The predicted molar refractivity (Wildman–Crippen MR) is 140 cm³/mol. The van der Waals surface area contributed by atoms with Gasteiger partial charge in [0, 0.05) is 10.7 Å². The number of aryl methyl sites for hydroxylation is 1. The molecule has 9 heteroatoms. The van der Waals surface area contributed by atoms with E-state index in [9.17, 15) is 14.4 Å². The van der Waals surface area contributed by atoms with Gasteiger partial charge in [-0.05, 0) is 54.3 Å². The zero-order valence-electron chi connectivity index (χ0n) is 19.4. The fraction of sp³-hybridized carbons (Fsp3) is 0.148. The van der Waals surface area contributed by atoms with Crippen molar-refractivity contribution in [2.45, 2.75) is 19.5 Å². The number of halogens is 1. The zero-order valence-corrected chi connectivity index (χ0v) is 21.0. The minimum atomic E-state index is -1.02. The lowest BCUT2D eigenvalue weighted by molar-refractivity contribution is -0.126. The number of hydrogen-bond acceptors (Lipinski definition) is 5. The van der Waals surface area contributed by atoms with E-state index in [0.29, 0.717) is 26.9 Å². The average Bonchev–Trinajstić information content (AvgIpc) is 3.60. The van der Waals surface area contributed by atoms with Crippen LogP contribution >= 0.6 is 22.9 Å². The van der Waals surface area contributed by atoms with Crippen molar-refractivity contribution < 1.29 is 18.8 Å². The maximum Gasteiger partial charge on any atom is 0.261 e. The summed E-state index contributed by atoms with van der Waals surface area (Å²) in [6.07, 6.45) is 1.52. The van der Waals surface area contributed by atoms with Crippen molar-refractivity contribution in [2.75, 3.05) is 11.4 Å². The molecule has 0 unspecified atom stereocenters. The summed E-state index contributed by atoms with van der Waals surface area (Å²) >= 11 is 7.53. The first-order valence-electron chi connectivity index (χ1n) is 11.2. The second kappa shape index (κ2) is 11.7. The maximum absolute atomic E-state index is 13.6. The molecule has 0 radical (unpaired) electrons. The SMILES string of the molecule is Cc1ccc([C@@H](C(=O)NCc2ccco2)N(C(=O)CNC(=O)c2cccs2)c2cccc(Cl)c2)cc1. The normalized spacial score (nSPS) is 11.5. The minimum Gasteiger partial charge on any atom is -0.467 e. The maximum atomic E-state index is 13.6. The fourth-order valence-electron chi connectivity index (χ4n) is 3.65. The van der Waals surface area contributed by atoms with E-state index in [0.717, 1.165) is 5.56 Å². The zero-order chi connectivity index (χ0) is 25.5. The molecule has 184 valence electrons. The summed E-state index contributed by atoms with van der Waals surface area (Å²) < 4.78 is 5.33. The van der Waals surface area contributed by atoms with Crippen LogP contribution in [0.1, 0.15) is 32.6 Å². The number of carbonyl (C=O) groups excluding carboxylic acids is 3. The summed E-state index contributed by atoms with van der Waals surface area (Å²) in [5.74, 6) is -0.664. The topological polar surface area (TPSA) is 91.7 Å². The van der Waals surface area contributed by atoms with Crippen LogP contribution in [-0.2, 0) is 16.1 Å². The first-order valence-corrected chi connectivity index (χ1v) is 12.4. The van der Waals surface area contributed by atoms with Crippen molar-refractivity contribution in [2.24, 2.45) is 0 Å². The number of hydrogen-bond donors (Lipinski definition) is 2. The van der Waals surface area contributed by atoms with E-state index in [1.165, 1.54) is 22.5 Å². The molecule has 3 amide bonds. The molecule has 4 aromatic rings. The van der Waals surface area contributed by atoms with Gasteiger partial charge < -0.3 is 15.1 Å². The van der Waals surface area contributed by atoms with Crippen molar-refractivity contribution >= 4 is 46.3 Å². The molecule has 4 rings (SSSR count). The highest BCUT2D eigenvalue weighted by Gasteiger charge is 2.33. The third-order valence-corrected chi connectivity index (χ3v) is 6.52. The molecule has 0 bridgehead atoms. The van der Waals surface area contributed by atoms with E-state index in [-0.39, 0.29) is 19.0 Å². The highest BCUT2D eigenvalue weighted by molar-refractivity contribution is 7.12. The van der Waals surface area contributed by atoms with Crippen LogP contribution in [0, 0.1) is 6.92 Å².